The molecule has 8 heteroatoms. The fourth-order valence-corrected chi connectivity index (χ4v) is 9.06. The van der Waals surface area contributed by atoms with Crippen molar-refractivity contribution >= 4 is 29.5 Å². The number of unbranched alkanes of at least 4 members (excludes halogenated alkanes) is 1. The van der Waals surface area contributed by atoms with Gasteiger partial charge < -0.3 is 19.6 Å². The number of fused-ring (bicyclic) bond motifs is 1. The largest absolute Gasteiger partial charge is 0.461 e. The van der Waals surface area contributed by atoms with Crippen LogP contribution < -0.4 is 0 Å². The van der Waals surface area contributed by atoms with E-state index in [1.54, 1.807) is 27.6 Å². The van der Waals surface area contributed by atoms with Gasteiger partial charge in [0.05, 0.1) is 29.2 Å². The van der Waals surface area contributed by atoms with Gasteiger partial charge in [0.2, 0.25) is 11.8 Å². The van der Waals surface area contributed by atoms with Crippen molar-refractivity contribution in [2.75, 3.05) is 26.3 Å². The van der Waals surface area contributed by atoms with E-state index in [-0.39, 0.29) is 25.0 Å². The number of hydrogen-bond donors (Lipinski definition) is 1. The van der Waals surface area contributed by atoms with Crippen LogP contribution in [0.2, 0.25) is 0 Å². The van der Waals surface area contributed by atoms with Crippen molar-refractivity contribution in [2.45, 2.75) is 67.5 Å². The average Bonchev–Trinajstić information content (AvgIpc) is 3.49. The Morgan fingerprint density at radius 2 is 2.00 bits per heavy atom. The quantitative estimate of drug-likeness (QED) is 0.304. The predicted octanol–water partition coefficient (Wildman–Crippen LogP) is 3.62. The van der Waals surface area contributed by atoms with E-state index in [0.717, 1.165) is 18.4 Å². The Bertz CT molecular complexity index is 1060. The van der Waals surface area contributed by atoms with Gasteiger partial charge in [-0.3, -0.25) is 14.4 Å². The summed E-state index contributed by atoms with van der Waals surface area (Å²) in [4.78, 5) is 45.6. The number of carbonyl (C=O) groups excluding carboxylic acids is 3. The van der Waals surface area contributed by atoms with Gasteiger partial charge in [0.15, 0.2) is 0 Å². The van der Waals surface area contributed by atoms with Gasteiger partial charge >= 0.3 is 5.97 Å². The highest BCUT2D eigenvalue weighted by Gasteiger charge is 2.78. The van der Waals surface area contributed by atoms with Gasteiger partial charge in [-0.15, -0.1) is 18.3 Å². The zero-order valence-electron chi connectivity index (χ0n) is 22.5. The molecule has 38 heavy (non-hydrogen) atoms. The summed E-state index contributed by atoms with van der Waals surface area (Å²) >= 11 is 1.62. The number of aliphatic hydroxyl groups is 1. The van der Waals surface area contributed by atoms with Crippen LogP contribution in [0.5, 0.6) is 0 Å². The standard InChI is InChI=1S/C30H40N2O5S/c1-5-8-17-31(16-6-2)27(35)25-30-15-14-29(4,38-30)24(28(36)37-18-7-3)23(30)26(34)32(25)22(20-33)19-21-12-10-9-11-13-21/h6-7,9-13,22-25,33H,2-3,5,8,14-20H2,1,4H3/t22-,23+,24-,25?,29+,30?/m1/s1. The summed E-state index contributed by atoms with van der Waals surface area (Å²) in [5.74, 6) is -2.11. The van der Waals surface area contributed by atoms with E-state index in [2.05, 4.69) is 20.1 Å². The second kappa shape index (κ2) is 11.7. The lowest BCUT2D eigenvalue weighted by Crippen LogP contribution is -2.58. The van der Waals surface area contributed by atoms with E-state index >= 15 is 0 Å². The molecule has 0 aliphatic carbocycles. The third-order valence-corrected chi connectivity index (χ3v) is 10.4. The fourth-order valence-electron chi connectivity index (χ4n) is 6.73. The average molecular weight is 541 g/mol. The van der Waals surface area contributed by atoms with E-state index < -0.39 is 39.4 Å². The van der Waals surface area contributed by atoms with E-state index in [0.29, 0.717) is 32.4 Å². The smallest absolute Gasteiger partial charge is 0.311 e. The maximum absolute atomic E-state index is 14.4. The Hall–Kier alpha value is -2.58. The maximum Gasteiger partial charge on any atom is 0.311 e. The lowest BCUT2D eigenvalue weighted by atomic mass is 9.66. The normalized spacial score (nSPS) is 30.1. The molecule has 6 atom stereocenters. The number of amides is 2. The van der Waals surface area contributed by atoms with Crippen molar-refractivity contribution in [2.24, 2.45) is 11.8 Å². The first kappa shape index (κ1) is 28.4. The zero-order chi connectivity index (χ0) is 27.5. The Labute approximate surface area is 230 Å². The molecule has 4 rings (SSSR count). The summed E-state index contributed by atoms with van der Waals surface area (Å²) in [6, 6.07) is 8.32. The Balaban J connectivity index is 1.79. The number of aliphatic hydroxyl groups excluding tert-OH is 1. The maximum atomic E-state index is 14.4. The molecular formula is C30H40N2O5S. The molecule has 3 aliphatic rings. The fraction of sp³-hybridized carbons (Fsp3) is 0.567. The number of thioether (sulfide) groups is 1. The van der Waals surface area contributed by atoms with Gasteiger partial charge in [-0.1, -0.05) is 62.4 Å². The summed E-state index contributed by atoms with van der Waals surface area (Å²) in [7, 11) is 0. The van der Waals surface area contributed by atoms with Crippen molar-refractivity contribution < 1.29 is 24.2 Å². The first-order chi connectivity index (χ1) is 18.3. The van der Waals surface area contributed by atoms with Gasteiger partial charge in [-0.05, 0) is 38.2 Å². The lowest BCUT2D eigenvalue weighted by molar-refractivity contribution is -0.155. The second-order valence-electron chi connectivity index (χ2n) is 10.8. The first-order valence-electron chi connectivity index (χ1n) is 13.6. The molecule has 206 valence electrons. The van der Waals surface area contributed by atoms with Gasteiger partial charge in [0.25, 0.3) is 0 Å². The Morgan fingerprint density at radius 1 is 1.26 bits per heavy atom. The Morgan fingerprint density at radius 3 is 2.63 bits per heavy atom. The van der Waals surface area contributed by atoms with Crippen LogP contribution in [-0.4, -0.2) is 80.6 Å². The predicted molar refractivity (Wildman–Crippen MR) is 149 cm³/mol. The number of rotatable bonds is 13. The molecule has 2 bridgehead atoms. The number of nitrogens with zero attached hydrogens (tertiary/aromatic N) is 2. The second-order valence-corrected chi connectivity index (χ2v) is 12.7. The molecule has 3 heterocycles. The molecule has 1 aromatic rings. The van der Waals surface area contributed by atoms with Gasteiger partial charge in [0.1, 0.15) is 12.6 Å². The molecule has 3 aliphatic heterocycles. The third kappa shape index (κ3) is 4.81. The number of carbonyl (C=O) groups is 3. The third-order valence-electron chi connectivity index (χ3n) is 8.41. The molecule has 0 aromatic heterocycles. The van der Waals surface area contributed by atoms with Crippen LogP contribution in [-0.2, 0) is 25.5 Å². The molecular weight excluding hydrogens is 500 g/mol. The van der Waals surface area contributed by atoms with E-state index in [4.69, 9.17) is 4.74 Å². The number of hydrogen-bond acceptors (Lipinski definition) is 6. The SMILES string of the molecule is C=CCOC(=O)[C@H]1[C@H]2C(=O)N([C@@H](CO)Cc3ccccc3)C(C(=O)N(CC=C)CCCC)C23CC[C@]1(C)S3. The molecule has 7 nitrogen and oxygen atoms in total. The highest BCUT2D eigenvalue weighted by molar-refractivity contribution is 8.02. The van der Waals surface area contributed by atoms with Gasteiger partial charge in [0, 0.05) is 17.8 Å². The van der Waals surface area contributed by atoms with Crippen molar-refractivity contribution in [3.8, 4) is 0 Å². The Kier molecular flexibility index (Phi) is 8.72. The molecule has 1 spiro atoms. The minimum atomic E-state index is -0.776. The number of ether oxygens (including phenoxy) is 1. The highest BCUT2D eigenvalue weighted by atomic mass is 32.2. The number of esters is 1. The topological polar surface area (TPSA) is 87.1 Å². The van der Waals surface area contributed by atoms with Crippen LogP contribution in [0.3, 0.4) is 0 Å². The summed E-state index contributed by atoms with van der Waals surface area (Å²) in [5, 5.41) is 10.6. The van der Waals surface area contributed by atoms with Crippen molar-refractivity contribution in [3.63, 3.8) is 0 Å². The van der Waals surface area contributed by atoms with Crippen LogP contribution in [0.4, 0.5) is 0 Å². The van der Waals surface area contributed by atoms with Gasteiger partial charge in [-0.25, -0.2) is 0 Å². The molecule has 1 aromatic carbocycles. The molecule has 2 amide bonds. The minimum absolute atomic E-state index is 0.0769. The van der Waals surface area contributed by atoms with Crippen LogP contribution in [0.15, 0.2) is 55.6 Å². The van der Waals surface area contributed by atoms with Crippen LogP contribution in [0.1, 0.15) is 45.1 Å². The number of likely N-dealkylation sites (tertiary alicyclic amines) is 1. The van der Waals surface area contributed by atoms with Gasteiger partial charge in [-0.2, -0.15) is 0 Å². The summed E-state index contributed by atoms with van der Waals surface area (Å²) < 4.78 is 4.25. The monoisotopic (exact) mass is 540 g/mol. The van der Waals surface area contributed by atoms with Crippen LogP contribution in [0.25, 0.3) is 0 Å². The van der Waals surface area contributed by atoms with Crippen molar-refractivity contribution in [1.82, 2.24) is 9.80 Å². The molecule has 3 saturated heterocycles. The summed E-state index contributed by atoms with van der Waals surface area (Å²) in [6.45, 7) is 12.3. The van der Waals surface area contributed by atoms with Crippen molar-refractivity contribution in [3.05, 3.63) is 61.2 Å². The van der Waals surface area contributed by atoms with Crippen LogP contribution in [0, 0.1) is 11.8 Å². The molecule has 0 saturated carbocycles. The highest BCUT2D eigenvalue weighted by Crippen LogP contribution is 2.71. The number of benzene rings is 1. The first-order valence-corrected chi connectivity index (χ1v) is 14.4. The summed E-state index contributed by atoms with van der Waals surface area (Å²) in [6.07, 6.45) is 6.79. The zero-order valence-corrected chi connectivity index (χ0v) is 23.3. The molecule has 2 unspecified atom stereocenters. The lowest BCUT2D eigenvalue weighted by Gasteiger charge is -2.39. The molecule has 3 fully saturated rings. The van der Waals surface area contributed by atoms with Crippen LogP contribution >= 0.6 is 11.8 Å². The van der Waals surface area contributed by atoms with Crippen molar-refractivity contribution in [1.29, 1.82) is 0 Å². The molecule has 1 N–H and O–H groups in total. The van der Waals surface area contributed by atoms with E-state index in [9.17, 15) is 19.5 Å². The van der Waals surface area contributed by atoms with E-state index in [1.807, 2.05) is 37.3 Å². The summed E-state index contributed by atoms with van der Waals surface area (Å²) in [5.41, 5.74) is 0.972. The van der Waals surface area contributed by atoms with E-state index in [1.165, 1.54) is 6.08 Å². The minimum Gasteiger partial charge on any atom is -0.461 e. The molecule has 0 radical (unpaired) electrons.